The second-order valence-electron chi connectivity index (χ2n) is 24.5. The van der Waals surface area contributed by atoms with Gasteiger partial charge in [-0.1, -0.05) is 56.7 Å². The molecule has 0 aliphatic carbocycles. The number of likely N-dealkylation sites (tertiary alicyclic amines) is 1. The monoisotopic (exact) mass is 1420 g/mol. The minimum atomic E-state index is -4.45. The van der Waals surface area contributed by atoms with Crippen LogP contribution in [0.25, 0.3) is 0 Å². The molecule has 10 N–H and O–H groups in total. The first-order chi connectivity index (χ1) is 46.5. The van der Waals surface area contributed by atoms with Crippen molar-refractivity contribution in [1.82, 2.24) is 42.1 Å². The molecule has 0 aromatic heterocycles. The van der Waals surface area contributed by atoms with Crippen molar-refractivity contribution in [3.8, 4) is 0 Å². The fourth-order valence-corrected chi connectivity index (χ4v) is 13.4. The predicted octanol–water partition coefficient (Wildman–Crippen LogP) is 2.12. The molecule has 10 amide bonds. The number of ether oxygens (including phenoxy) is 4. The standard InChI is InChI=1S/C67H97N11O17S3/c1-10-56(79)75-50(42-96-9)64(87)73-45(4)63(86)72-39-58(81)70-26-30-92-32-34-94-40-59(82)71-27-31-93-33-35-95-41-60(83)74-49(62(68)85)43-97-53-38-61(84)78(65(53)88)29-25-69-57(80)20-16-13-17-28-77-52-24-22-46(98(89,90)91)37-48(52)67(7,8)55(77)19-15-12-14-18-54-66(5,6)47-36-44(3)21-23-51(47)76(54)11-2/h12,14-15,18-19,21-24,36-37,45,49-50,53H,10-11,13,16-17,20,25-35,38-43H2,1-9H3,(H9-,68,69,70,71,72,73,74,75,79,80,81,82,83,85,86,87,89,90,91)/p+1/t45-,49+,50-,53?/m0/s1. The molecular weight excluding hydrogens is 1330 g/mol. The lowest BCUT2D eigenvalue weighted by atomic mass is 9.81. The van der Waals surface area contributed by atoms with E-state index in [9.17, 15) is 60.9 Å². The summed E-state index contributed by atoms with van der Waals surface area (Å²) in [6.07, 6.45) is 14.2. The number of allylic oxidation sites excluding steroid dienone is 6. The molecule has 1 unspecified atom stereocenters. The molecule has 2 aromatic rings. The molecule has 4 atom stereocenters. The number of benzene rings is 2. The molecule has 1 saturated heterocycles. The molecule has 31 heteroatoms. The second-order valence-corrected chi connectivity index (χ2v) is 28.1. The Morgan fingerprint density at radius 3 is 2.02 bits per heavy atom. The van der Waals surface area contributed by atoms with Crippen LogP contribution in [0.5, 0.6) is 0 Å². The Morgan fingerprint density at radius 1 is 0.714 bits per heavy atom. The highest BCUT2D eigenvalue weighted by Gasteiger charge is 2.45. The van der Waals surface area contributed by atoms with E-state index in [0.717, 1.165) is 40.2 Å². The van der Waals surface area contributed by atoms with E-state index in [0.29, 0.717) is 31.6 Å². The number of thioether (sulfide) groups is 2. The number of primary amides is 1. The Hall–Kier alpha value is -7.52. The van der Waals surface area contributed by atoms with Gasteiger partial charge in [0.15, 0.2) is 5.71 Å². The number of carbonyl (C=O) groups excluding carboxylic acids is 10. The van der Waals surface area contributed by atoms with Crippen LogP contribution < -0.4 is 47.9 Å². The molecule has 98 heavy (non-hydrogen) atoms. The van der Waals surface area contributed by atoms with Crippen molar-refractivity contribution in [2.75, 3.05) is 121 Å². The van der Waals surface area contributed by atoms with E-state index < -0.39 is 92.8 Å². The largest absolute Gasteiger partial charge is 0.377 e. The van der Waals surface area contributed by atoms with Gasteiger partial charge in [-0.3, -0.25) is 57.4 Å². The van der Waals surface area contributed by atoms with Gasteiger partial charge in [0.25, 0.3) is 10.1 Å². The van der Waals surface area contributed by atoms with Gasteiger partial charge >= 0.3 is 0 Å². The van der Waals surface area contributed by atoms with Crippen LogP contribution in [0.1, 0.15) is 104 Å². The van der Waals surface area contributed by atoms with Crippen molar-refractivity contribution in [2.45, 2.75) is 133 Å². The number of hydrogen-bond acceptors (Lipinski definition) is 19. The molecule has 5 rings (SSSR count). The maximum absolute atomic E-state index is 13.3. The van der Waals surface area contributed by atoms with Gasteiger partial charge in [0, 0.05) is 104 Å². The number of anilines is 1. The number of carbonyl (C=O) groups is 10. The number of likely N-dealkylation sites (N-methyl/N-ethyl adjacent to an activating group) is 1. The highest BCUT2D eigenvalue weighted by atomic mass is 32.2. The number of nitrogens with two attached hydrogens (primary N) is 1. The first-order valence-corrected chi connectivity index (χ1v) is 36.7. The zero-order chi connectivity index (χ0) is 72.2. The predicted molar refractivity (Wildman–Crippen MR) is 373 cm³/mol. The average Bonchev–Trinajstić information content (AvgIpc) is 1.60. The van der Waals surface area contributed by atoms with Crippen LogP contribution >= 0.6 is 23.5 Å². The second kappa shape index (κ2) is 39.9. The lowest BCUT2D eigenvalue weighted by Gasteiger charge is -2.25. The van der Waals surface area contributed by atoms with Crippen molar-refractivity contribution in [2.24, 2.45) is 5.73 Å². The zero-order valence-electron chi connectivity index (χ0n) is 57.5. The summed E-state index contributed by atoms with van der Waals surface area (Å²) in [6.45, 7) is 17.1. The molecule has 0 radical (unpaired) electrons. The highest BCUT2D eigenvalue weighted by Crippen LogP contribution is 2.48. The topological polar surface area (TPSA) is 382 Å². The lowest BCUT2D eigenvalue weighted by Crippen LogP contribution is -2.54. The fraction of sp³-hybridized carbons (Fsp3) is 0.567. The normalized spacial score (nSPS) is 16.8. The lowest BCUT2D eigenvalue weighted by molar-refractivity contribution is -0.438. The number of nitrogens with one attached hydrogen (secondary N) is 7. The molecule has 540 valence electrons. The summed E-state index contributed by atoms with van der Waals surface area (Å²) in [6, 6.07) is 8.28. The van der Waals surface area contributed by atoms with Crippen LogP contribution in [0.15, 0.2) is 77.4 Å². The van der Waals surface area contributed by atoms with E-state index >= 15 is 0 Å². The molecule has 0 saturated carbocycles. The van der Waals surface area contributed by atoms with Crippen LogP contribution in [0.4, 0.5) is 11.4 Å². The van der Waals surface area contributed by atoms with Gasteiger partial charge in [-0.15, -0.1) is 11.8 Å². The Labute approximate surface area is 582 Å². The molecule has 0 spiro atoms. The Balaban J connectivity index is 0.905. The van der Waals surface area contributed by atoms with E-state index in [4.69, 9.17) is 24.7 Å². The van der Waals surface area contributed by atoms with Gasteiger partial charge in [-0.05, 0) is 83.6 Å². The number of imide groups is 1. The van der Waals surface area contributed by atoms with Crippen molar-refractivity contribution >= 4 is 110 Å². The molecule has 1 fully saturated rings. The third-order valence-corrected chi connectivity index (χ3v) is 19.2. The Bertz CT molecular complexity index is 3410. The number of hydrogen-bond donors (Lipinski definition) is 9. The van der Waals surface area contributed by atoms with E-state index in [-0.39, 0.29) is 126 Å². The average molecular weight is 1430 g/mol. The van der Waals surface area contributed by atoms with Crippen LogP contribution in [-0.4, -0.2) is 227 Å². The smallest absolute Gasteiger partial charge is 0.294 e. The maximum Gasteiger partial charge on any atom is 0.294 e. The summed E-state index contributed by atoms with van der Waals surface area (Å²) in [5.41, 5.74) is 12.2. The van der Waals surface area contributed by atoms with Crippen LogP contribution in [0.3, 0.4) is 0 Å². The van der Waals surface area contributed by atoms with Crippen LogP contribution in [-0.2, 0) is 87.8 Å². The van der Waals surface area contributed by atoms with Gasteiger partial charge in [0.2, 0.25) is 64.8 Å². The van der Waals surface area contributed by atoms with Crippen molar-refractivity contribution < 1.29 is 84.4 Å². The molecule has 2 aromatic carbocycles. The van der Waals surface area contributed by atoms with Crippen molar-refractivity contribution in [3.05, 3.63) is 89.2 Å². The summed E-state index contributed by atoms with van der Waals surface area (Å²) >= 11 is 2.37. The zero-order valence-corrected chi connectivity index (χ0v) is 60.0. The first-order valence-electron chi connectivity index (χ1n) is 32.8. The number of rotatable bonds is 44. The third-order valence-electron chi connectivity index (χ3n) is 16.4. The maximum atomic E-state index is 13.3. The van der Waals surface area contributed by atoms with Crippen LogP contribution in [0, 0.1) is 6.92 Å². The van der Waals surface area contributed by atoms with E-state index in [1.165, 1.54) is 53.3 Å². The number of fused-ring (bicyclic) bond motifs is 2. The molecular formula is C67H98N11O17S3+. The van der Waals surface area contributed by atoms with Gasteiger partial charge in [0.05, 0.1) is 61.7 Å². The van der Waals surface area contributed by atoms with Gasteiger partial charge in [-0.2, -0.15) is 24.8 Å². The number of aryl methyl sites for hydroxylation is 1. The van der Waals surface area contributed by atoms with Crippen molar-refractivity contribution in [3.63, 3.8) is 0 Å². The van der Waals surface area contributed by atoms with Gasteiger partial charge in [-0.25, -0.2) is 0 Å². The molecule has 3 heterocycles. The Morgan fingerprint density at radius 2 is 1.37 bits per heavy atom. The molecule has 3 aliphatic rings. The number of unbranched alkanes of at least 4 members (excludes halogenated alkanes) is 2. The summed E-state index contributed by atoms with van der Waals surface area (Å²) in [5.74, 6) is -4.73. The molecule has 3 aliphatic heterocycles. The minimum Gasteiger partial charge on any atom is -0.377 e. The summed E-state index contributed by atoms with van der Waals surface area (Å²) in [4.78, 5) is 128. The minimum absolute atomic E-state index is 0.00421. The first kappa shape index (κ1) is 81.2. The summed E-state index contributed by atoms with van der Waals surface area (Å²) < 4.78 is 58.0. The van der Waals surface area contributed by atoms with Gasteiger partial charge in [0.1, 0.15) is 37.9 Å². The summed E-state index contributed by atoms with van der Waals surface area (Å²) in [7, 11) is -4.45. The Kier molecular flexibility index (Phi) is 33.1. The highest BCUT2D eigenvalue weighted by molar-refractivity contribution is 8.00. The molecule has 28 nitrogen and oxygen atoms in total. The summed E-state index contributed by atoms with van der Waals surface area (Å²) in [5, 5.41) is 17.2. The van der Waals surface area contributed by atoms with E-state index in [2.05, 4.69) is 98.7 Å². The van der Waals surface area contributed by atoms with E-state index in [1.807, 2.05) is 38.2 Å². The van der Waals surface area contributed by atoms with Gasteiger partial charge < -0.3 is 66.8 Å². The number of amides is 10. The SMILES string of the molecule is CCC(=O)N[C@@H](CSC)C(=O)N[C@@H](C)C(=O)NCC(=O)NCCOCCOCC(=O)NCCOCCOCC(=O)N[C@H](CSC1CC(=O)N(CCNC(=O)CCCCC[N+]2=C(C=CC=CC=C3N(CC)c4ccc(C)cc4C3(C)C)C(C)(C)c3cc(S(=O)(=O)O)ccc32)C1=O)C(N)=O. The van der Waals surface area contributed by atoms with E-state index in [1.54, 1.807) is 19.2 Å². The molecule has 0 bridgehead atoms. The third kappa shape index (κ3) is 24.7. The van der Waals surface area contributed by atoms with Crippen molar-refractivity contribution in [1.29, 1.82) is 0 Å². The fourth-order valence-electron chi connectivity index (χ4n) is 11.1. The number of nitrogens with zero attached hydrogens (tertiary/aromatic N) is 3. The van der Waals surface area contributed by atoms with Crippen LogP contribution in [0.2, 0.25) is 0 Å². The quantitative estimate of drug-likeness (QED) is 0.0151.